The lowest BCUT2D eigenvalue weighted by Crippen LogP contribution is -2.52. The summed E-state index contributed by atoms with van der Waals surface area (Å²) >= 11 is 0. The molecule has 1 aliphatic rings. The maximum atomic E-state index is 12.2. The van der Waals surface area contributed by atoms with Crippen molar-refractivity contribution in [1.82, 2.24) is 20.6 Å². The van der Waals surface area contributed by atoms with Gasteiger partial charge in [0.15, 0.2) is 0 Å². The maximum Gasteiger partial charge on any atom is 0.315 e. The third-order valence-corrected chi connectivity index (χ3v) is 4.06. The van der Waals surface area contributed by atoms with Crippen molar-refractivity contribution >= 4 is 12.0 Å². The van der Waals surface area contributed by atoms with Gasteiger partial charge in [-0.3, -0.25) is 0 Å². The van der Waals surface area contributed by atoms with Crippen molar-refractivity contribution in [1.29, 1.82) is 0 Å². The number of amides is 2. The van der Waals surface area contributed by atoms with E-state index in [9.17, 15) is 4.79 Å². The molecule has 7 nitrogen and oxygen atoms in total. The summed E-state index contributed by atoms with van der Waals surface area (Å²) in [5, 5.41) is 6.01. The minimum atomic E-state index is -0.144. The van der Waals surface area contributed by atoms with Crippen LogP contribution in [0.1, 0.15) is 25.5 Å². The summed E-state index contributed by atoms with van der Waals surface area (Å²) < 4.78 is 5.31. The second-order valence-electron chi connectivity index (χ2n) is 6.14. The highest BCUT2D eigenvalue weighted by Gasteiger charge is 2.23. The van der Waals surface area contributed by atoms with Crippen molar-refractivity contribution in [3.05, 3.63) is 42.6 Å². The zero-order valence-electron chi connectivity index (χ0n) is 13.8. The zero-order chi connectivity index (χ0) is 16.8. The monoisotopic (exact) mass is 329 g/mol. The van der Waals surface area contributed by atoms with E-state index >= 15 is 0 Å². The third kappa shape index (κ3) is 4.47. The van der Waals surface area contributed by atoms with Crippen LogP contribution in [0.3, 0.4) is 0 Å². The van der Waals surface area contributed by atoms with Crippen molar-refractivity contribution in [2.75, 3.05) is 18.0 Å². The van der Waals surface area contributed by atoms with Crippen LogP contribution in [0, 0.1) is 0 Å². The summed E-state index contributed by atoms with van der Waals surface area (Å²) in [4.78, 5) is 22.9. The molecule has 1 aliphatic heterocycles. The normalized spacial score (nSPS) is 18.9. The molecular formula is C17H23N5O2. The average molecular weight is 329 g/mol. The molecule has 2 atom stereocenters. The summed E-state index contributed by atoms with van der Waals surface area (Å²) in [6.45, 7) is 3.61. The molecule has 0 aromatic carbocycles. The molecule has 2 aromatic rings. The van der Waals surface area contributed by atoms with Crippen LogP contribution in [0.2, 0.25) is 0 Å². The van der Waals surface area contributed by atoms with Crippen LogP contribution in [-0.4, -0.2) is 41.2 Å². The molecule has 2 amide bonds. The van der Waals surface area contributed by atoms with Crippen LogP contribution in [0.4, 0.5) is 10.7 Å². The molecular weight excluding hydrogens is 306 g/mol. The number of anilines is 1. The van der Waals surface area contributed by atoms with E-state index in [4.69, 9.17) is 4.42 Å². The SMILES string of the molecule is C[C@@H](Cc1ccco1)NC(=O)N[C@@H]1CCCN(c2ncccn2)C1. The predicted molar refractivity (Wildman–Crippen MR) is 90.8 cm³/mol. The molecule has 1 saturated heterocycles. The molecule has 7 heteroatoms. The van der Waals surface area contributed by atoms with Crippen molar-refractivity contribution < 1.29 is 9.21 Å². The van der Waals surface area contributed by atoms with Crippen molar-refractivity contribution in [2.24, 2.45) is 0 Å². The first-order valence-electron chi connectivity index (χ1n) is 8.32. The lowest BCUT2D eigenvalue weighted by molar-refractivity contribution is 0.231. The number of hydrogen-bond donors (Lipinski definition) is 2. The van der Waals surface area contributed by atoms with E-state index in [0.29, 0.717) is 6.42 Å². The first-order valence-corrected chi connectivity index (χ1v) is 8.32. The van der Waals surface area contributed by atoms with Gasteiger partial charge in [-0.25, -0.2) is 14.8 Å². The van der Waals surface area contributed by atoms with Gasteiger partial charge in [0.1, 0.15) is 5.76 Å². The van der Waals surface area contributed by atoms with Crippen molar-refractivity contribution in [2.45, 2.75) is 38.3 Å². The van der Waals surface area contributed by atoms with Gasteiger partial charge in [0.25, 0.3) is 0 Å². The third-order valence-electron chi connectivity index (χ3n) is 4.06. The molecule has 0 aliphatic carbocycles. The summed E-state index contributed by atoms with van der Waals surface area (Å²) in [5.41, 5.74) is 0. The molecule has 0 bridgehead atoms. The van der Waals surface area contributed by atoms with E-state index in [-0.39, 0.29) is 18.1 Å². The quantitative estimate of drug-likeness (QED) is 0.876. The lowest BCUT2D eigenvalue weighted by atomic mass is 10.1. The highest BCUT2D eigenvalue weighted by molar-refractivity contribution is 5.74. The molecule has 2 N–H and O–H groups in total. The lowest BCUT2D eigenvalue weighted by Gasteiger charge is -2.33. The Labute approximate surface area is 141 Å². The number of urea groups is 1. The summed E-state index contributed by atoms with van der Waals surface area (Å²) in [6.07, 6.45) is 7.76. The Hall–Kier alpha value is -2.57. The fourth-order valence-corrected chi connectivity index (χ4v) is 2.96. The van der Waals surface area contributed by atoms with E-state index in [2.05, 4.69) is 25.5 Å². The largest absolute Gasteiger partial charge is 0.469 e. The molecule has 0 saturated carbocycles. The van der Waals surface area contributed by atoms with E-state index in [1.807, 2.05) is 19.1 Å². The van der Waals surface area contributed by atoms with Crippen LogP contribution < -0.4 is 15.5 Å². The molecule has 24 heavy (non-hydrogen) atoms. The smallest absolute Gasteiger partial charge is 0.315 e. The van der Waals surface area contributed by atoms with E-state index in [1.54, 1.807) is 24.7 Å². The van der Waals surface area contributed by atoms with E-state index < -0.39 is 0 Å². The molecule has 3 rings (SSSR count). The number of rotatable bonds is 5. The molecule has 3 heterocycles. The van der Waals surface area contributed by atoms with E-state index in [0.717, 1.165) is 37.6 Å². The number of hydrogen-bond acceptors (Lipinski definition) is 5. The number of piperidine rings is 1. The van der Waals surface area contributed by atoms with Crippen LogP contribution in [0.15, 0.2) is 41.3 Å². The number of carbonyl (C=O) groups excluding carboxylic acids is 1. The number of furan rings is 1. The minimum absolute atomic E-state index is 0.00769. The van der Waals surface area contributed by atoms with Crippen molar-refractivity contribution in [3.63, 3.8) is 0 Å². The first-order chi connectivity index (χ1) is 11.7. The Morgan fingerprint density at radius 3 is 3.00 bits per heavy atom. The second kappa shape index (κ2) is 7.81. The van der Waals surface area contributed by atoms with Crippen LogP contribution in [0.5, 0.6) is 0 Å². The van der Waals surface area contributed by atoms with Gasteiger partial charge < -0.3 is 20.0 Å². The van der Waals surface area contributed by atoms with E-state index in [1.165, 1.54) is 0 Å². The zero-order valence-corrected chi connectivity index (χ0v) is 13.8. The van der Waals surface area contributed by atoms with Crippen LogP contribution >= 0.6 is 0 Å². The molecule has 128 valence electrons. The molecule has 0 radical (unpaired) electrons. The van der Waals surface area contributed by atoms with Crippen LogP contribution in [-0.2, 0) is 6.42 Å². The van der Waals surface area contributed by atoms with Gasteiger partial charge in [0, 0.05) is 44.0 Å². The molecule has 0 unspecified atom stereocenters. The number of carbonyl (C=O) groups is 1. The van der Waals surface area contributed by atoms with Gasteiger partial charge in [-0.05, 0) is 38.0 Å². The Bertz CT molecular complexity index is 632. The number of nitrogens with zero attached hydrogens (tertiary/aromatic N) is 3. The van der Waals surface area contributed by atoms with Gasteiger partial charge in [-0.2, -0.15) is 0 Å². The first kappa shape index (κ1) is 16.3. The van der Waals surface area contributed by atoms with Gasteiger partial charge in [-0.15, -0.1) is 0 Å². The molecule has 0 spiro atoms. The van der Waals surface area contributed by atoms with Gasteiger partial charge in [-0.1, -0.05) is 0 Å². The Balaban J connectivity index is 1.47. The summed E-state index contributed by atoms with van der Waals surface area (Å²) in [6, 6.07) is 5.53. The Morgan fingerprint density at radius 1 is 1.42 bits per heavy atom. The number of aromatic nitrogens is 2. The highest BCUT2D eigenvalue weighted by Crippen LogP contribution is 2.15. The summed E-state index contributed by atoms with van der Waals surface area (Å²) in [5.74, 6) is 1.59. The Kier molecular flexibility index (Phi) is 5.30. The standard InChI is InChI=1S/C17H23N5O2/c1-13(11-15-6-3-10-24-15)20-17(23)21-14-5-2-9-22(12-14)16-18-7-4-8-19-16/h3-4,6-8,10,13-14H,2,5,9,11-12H2,1H3,(H2,20,21,23)/t13-,14+/m0/s1. The fraction of sp³-hybridized carbons (Fsp3) is 0.471. The topological polar surface area (TPSA) is 83.3 Å². The Morgan fingerprint density at radius 2 is 2.25 bits per heavy atom. The van der Waals surface area contributed by atoms with Crippen LogP contribution in [0.25, 0.3) is 0 Å². The second-order valence-corrected chi connectivity index (χ2v) is 6.14. The molecule has 1 fully saturated rings. The fourth-order valence-electron chi connectivity index (χ4n) is 2.96. The summed E-state index contributed by atoms with van der Waals surface area (Å²) in [7, 11) is 0. The van der Waals surface area contributed by atoms with Gasteiger partial charge >= 0.3 is 6.03 Å². The minimum Gasteiger partial charge on any atom is -0.469 e. The highest BCUT2D eigenvalue weighted by atomic mass is 16.3. The van der Waals surface area contributed by atoms with Gasteiger partial charge in [0.05, 0.1) is 6.26 Å². The maximum absolute atomic E-state index is 12.2. The number of nitrogens with one attached hydrogen (secondary N) is 2. The predicted octanol–water partition coefficient (Wildman–Crippen LogP) is 1.97. The van der Waals surface area contributed by atoms with Crippen molar-refractivity contribution in [3.8, 4) is 0 Å². The van der Waals surface area contributed by atoms with Gasteiger partial charge in [0.2, 0.25) is 5.95 Å². The average Bonchev–Trinajstić information content (AvgIpc) is 3.08. The molecule has 2 aromatic heterocycles.